The van der Waals surface area contributed by atoms with Gasteiger partial charge in [-0.3, -0.25) is 14.5 Å². The fourth-order valence-electron chi connectivity index (χ4n) is 5.05. The molecule has 2 saturated heterocycles. The van der Waals surface area contributed by atoms with Crippen molar-refractivity contribution < 1.29 is 14.3 Å². The molecule has 4 atom stereocenters. The zero-order valence-electron chi connectivity index (χ0n) is 20.1. The molecular formula is C25H38ClN3O3. The number of likely N-dealkylation sites (N-methyl/N-ethyl adjacent to an activating group) is 1. The third-order valence-electron chi connectivity index (χ3n) is 6.51. The Morgan fingerprint density at radius 3 is 2.66 bits per heavy atom. The molecule has 0 radical (unpaired) electrons. The van der Waals surface area contributed by atoms with Crippen molar-refractivity contribution in [2.45, 2.75) is 83.6 Å². The SMILES string of the molecule is CC[C@H]1CCN(C(C(=O)OC(C)(C)C)[C@@H]2CCCN2)[C@@H]1C(=O)N(C)Cc1cccc(Cl)c1. The summed E-state index contributed by atoms with van der Waals surface area (Å²) in [7, 11) is 1.84. The first-order valence-electron chi connectivity index (χ1n) is 11.8. The monoisotopic (exact) mass is 463 g/mol. The van der Waals surface area contributed by atoms with Gasteiger partial charge in [0.15, 0.2) is 0 Å². The highest BCUT2D eigenvalue weighted by Gasteiger charge is 2.48. The van der Waals surface area contributed by atoms with E-state index in [0.717, 1.165) is 44.3 Å². The van der Waals surface area contributed by atoms with Crippen LogP contribution in [0.15, 0.2) is 24.3 Å². The smallest absolute Gasteiger partial charge is 0.325 e. The van der Waals surface area contributed by atoms with Gasteiger partial charge >= 0.3 is 5.97 Å². The van der Waals surface area contributed by atoms with E-state index < -0.39 is 11.6 Å². The van der Waals surface area contributed by atoms with Gasteiger partial charge in [0, 0.05) is 31.2 Å². The van der Waals surface area contributed by atoms with E-state index in [-0.39, 0.29) is 29.9 Å². The van der Waals surface area contributed by atoms with Gasteiger partial charge < -0.3 is 15.0 Å². The largest absolute Gasteiger partial charge is 0.459 e. The summed E-state index contributed by atoms with van der Waals surface area (Å²) in [6.45, 7) is 9.91. The predicted molar refractivity (Wildman–Crippen MR) is 127 cm³/mol. The molecule has 2 aliphatic heterocycles. The minimum absolute atomic E-state index is 0.00833. The molecule has 0 aliphatic carbocycles. The summed E-state index contributed by atoms with van der Waals surface area (Å²) in [4.78, 5) is 31.0. The number of ether oxygens (including phenoxy) is 1. The van der Waals surface area contributed by atoms with E-state index in [1.54, 1.807) is 4.90 Å². The number of likely N-dealkylation sites (tertiary alicyclic amines) is 1. The topological polar surface area (TPSA) is 61.9 Å². The van der Waals surface area contributed by atoms with E-state index in [2.05, 4.69) is 17.1 Å². The van der Waals surface area contributed by atoms with E-state index in [4.69, 9.17) is 16.3 Å². The Labute approximate surface area is 197 Å². The normalized spacial score (nSPS) is 25.0. The van der Waals surface area contributed by atoms with Gasteiger partial charge in [-0.2, -0.15) is 0 Å². The molecule has 1 N–H and O–H groups in total. The Bertz CT molecular complexity index is 804. The van der Waals surface area contributed by atoms with Gasteiger partial charge in [-0.15, -0.1) is 0 Å². The number of halogens is 1. The third-order valence-corrected chi connectivity index (χ3v) is 6.74. The Kier molecular flexibility index (Phi) is 8.23. The first kappa shape index (κ1) is 25.0. The van der Waals surface area contributed by atoms with Crippen LogP contribution in [-0.4, -0.2) is 65.5 Å². The maximum atomic E-state index is 13.7. The molecule has 1 aromatic rings. The third kappa shape index (κ3) is 6.03. The molecular weight excluding hydrogens is 426 g/mol. The fraction of sp³-hybridized carbons (Fsp3) is 0.680. The first-order chi connectivity index (χ1) is 15.1. The second kappa shape index (κ2) is 10.5. The van der Waals surface area contributed by atoms with Crippen LogP contribution in [0, 0.1) is 5.92 Å². The standard InChI is InChI=1S/C25H38ClN3O3/c1-6-18-12-14-29(22(20-11-8-13-27-20)24(31)32-25(2,3)4)21(18)23(30)28(5)16-17-9-7-10-19(26)15-17/h7,9-10,15,18,20-22,27H,6,8,11-14,16H2,1-5H3/t18-,20-,21-,22?/m0/s1. The Balaban J connectivity index is 1.85. The number of carbonyl (C=O) groups excluding carboxylic acids is 2. The number of esters is 1. The lowest BCUT2D eigenvalue weighted by atomic mass is 9.94. The molecule has 3 rings (SSSR count). The summed E-state index contributed by atoms with van der Waals surface area (Å²) >= 11 is 6.14. The molecule has 0 bridgehead atoms. The number of carbonyl (C=O) groups is 2. The summed E-state index contributed by atoms with van der Waals surface area (Å²) in [5.74, 6) is 0.0421. The van der Waals surface area contributed by atoms with Crippen LogP contribution < -0.4 is 5.32 Å². The Hall–Kier alpha value is -1.63. The van der Waals surface area contributed by atoms with E-state index in [9.17, 15) is 9.59 Å². The molecule has 2 heterocycles. The summed E-state index contributed by atoms with van der Waals surface area (Å²) in [5.41, 5.74) is 0.424. The van der Waals surface area contributed by atoms with Crippen molar-refractivity contribution in [1.29, 1.82) is 0 Å². The lowest BCUT2D eigenvalue weighted by molar-refractivity contribution is -0.164. The first-order valence-corrected chi connectivity index (χ1v) is 12.2. The predicted octanol–water partition coefficient (Wildman–Crippen LogP) is 3.86. The summed E-state index contributed by atoms with van der Waals surface area (Å²) in [6, 6.07) is 6.82. The average molecular weight is 464 g/mol. The van der Waals surface area contributed by atoms with Gasteiger partial charge in [-0.05, 0) is 70.2 Å². The van der Waals surface area contributed by atoms with Gasteiger partial charge in [-0.1, -0.05) is 37.1 Å². The maximum Gasteiger partial charge on any atom is 0.325 e. The van der Waals surface area contributed by atoms with Crippen molar-refractivity contribution in [1.82, 2.24) is 15.1 Å². The van der Waals surface area contributed by atoms with Crippen LogP contribution in [0.4, 0.5) is 0 Å². The van der Waals surface area contributed by atoms with E-state index in [1.165, 1.54) is 0 Å². The number of hydrogen-bond donors (Lipinski definition) is 1. The van der Waals surface area contributed by atoms with Crippen LogP contribution in [0.5, 0.6) is 0 Å². The maximum absolute atomic E-state index is 13.7. The number of amides is 1. The highest BCUT2D eigenvalue weighted by Crippen LogP contribution is 2.33. The van der Waals surface area contributed by atoms with Crippen molar-refractivity contribution >= 4 is 23.5 Å². The summed E-state index contributed by atoms with van der Waals surface area (Å²) < 4.78 is 5.83. The second-order valence-corrected chi connectivity index (χ2v) is 10.6. The zero-order chi connectivity index (χ0) is 23.5. The summed E-state index contributed by atoms with van der Waals surface area (Å²) in [5, 5.41) is 4.15. The number of benzene rings is 1. The lowest BCUT2D eigenvalue weighted by Crippen LogP contribution is -2.59. The summed E-state index contributed by atoms with van der Waals surface area (Å²) in [6.07, 6.45) is 3.75. The molecule has 2 fully saturated rings. The van der Waals surface area contributed by atoms with Crippen molar-refractivity contribution in [3.63, 3.8) is 0 Å². The molecule has 2 aliphatic rings. The molecule has 0 saturated carbocycles. The van der Waals surface area contributed by atoms with E-state index in [0.29, 0.717) is 11.6 Å². The second-order valence-electron chi connectivity index (χ2n) is 10.1. The number of hydrogen-bond acceptors (Lipinski definition) is 5. The lowest BCUT2D eigenvalue weighted by Gasteiger charge is -2.38. The van der Waals surface area contributed by atoms with Gasteiger partial charge in [-0.25, -0.2) is 0 Å². The molecule has 178 valence electrons. The minimum atomic E-state index is -0.569. The number of nitrogens with zero attached hydrogens (tertiary/aromatic N) is 2. The van der Waals surface area contributed by atoms with Crippen LogP contribution in [0.2, 0.25) is 5.02 Å². The average Bonchev–Trinajstić information content (AvgIpc) is 3.36. The van der Waals surface area contributed by atoms with Crippen LogP contribution in [0.25, 0.3) is 0 Å². The molecule has 0 aromatic heterocycles. The van der Waals surface area contributed by atoms with Gasteiger partial charge in [0.25, 0.3) is 0 Å². The van der Waals surface area contributed by atoms with E-state index >= 15 is 0 Å². The van der Waals surface area contributed by atoms with Gasteiger partial charge in [0.05, 0.1) is 6.04 Å². The van der Waals surface area contributed by atoms with Crippen molar-refractivity contribution in [3.05, 3.63) is 34.9 Å². The fourth-order valence-corrected chi connectivity index (χ4v) is 5.27. The van der Waals surface area contributed by atoms with Gasteiger partial charge in [0.2, 0.25) is 5.91 Å². The van der Waals surface area contributed by atoms with Crippen molar-refractivity contribution in [2.75, 3.05) is 20.1 Å². The van der Waals surface area contributed by atoms with Crippen LogP contribution in [0.3, 0.4) is 0 Å². The molecule has 1 amide bonds. The molecule has 6 nitrogen and oxygen atoms in total. The van der Waals surface area contributed by atoms with Crippen LogP contribution in [0.1, 0.15) is 58.9 Å². The van der Waals surface area contributed by atoms with Crippen LogP contribution >= 0.6 is 11.6 Å². The molecule has 32 heavy (non-hydrogen) atoms. The Morgan fingerprint density at radius 1 is 1.31 bits per heavy atom. The number of rotatable bonds is 7. The highest BCUT2D eigenvalue weighted by atomic mass is 35.5. The van der Waals surface area contributed by atoms with Crippen LogP contribution in [-0.2, 0) is 20.9 Å². The van der Waals surface area contributed by atoms with E-state index in [1.807, 2.05) is 52.1 Å². The zero-order valence-corrected chi connectivity index (χ0v) is 20.8. The van der Waals surface area contributed by atoms with Crippen molar-refractivity contribution in [2.24, 2.45) is 5.92 Å². The molecule has 7 heteroatoms. The quantitative estimate of drug-likeness (QED) is 0.622. The molecule has 1 aromatic carbocycles. The molecule has 0 spiro atoms. The van der Waals surface area contributed by atoms with Crippen molar-refractivity contribution in [3.8, 4) is 0 Å². The minimum Gasteiger partial charge on any atom is -0.459 e. The Morgan fingerprint density at radius 2 is 2.06 bits per heavy atom. The molecule has 1 unspecified atom stereocenters. The number of nitrogens with one attached hydrogen (secondary N) is 1. The van der Waals surface area contributed by atoms with Gasteiger partial charge in [0.1, 0.15) is 11.6 Å². The highest BCUT2D eigenvalue weighted by molar-refractivity contribution is 6.30.